The first-order valence-corrected chi connectivity index (χ1v) is 7.30. The molecule has 0 saturated carbocycles. The number of carbonyl (C=O) groups is 1. The second-order valence-electron chi connectivity index (χ2n) is 4.52. The van der Waals surface area contributed by atoms with Crippen molar-refractivity contribution in [3.63, 3.8) is 0 Å². The van der Waals surface area contributed by atoms with Crippen LogP contribution in [0.2, 0.25) is 0 Å². The van der Waals surface area contributed by atoms with Crippen LogP contribution in [0.25, 0.3) is 0 Å². The molecule has 0 fully saturated rings. The number of anilines is 2. The van der Waals surface area contributed by atoms with Crippen molar-refractivity contribution in [2.24, 2.45) is 0 Å². The van der Waals surface area contributed by atoms with Gasteiger partial charge in [0.1, 0.15) is 0 Å². The Morgan fingerprint density at radius 2 is 1.90 bits per heavy atom. The van der Waals surface area contributed by atoms with Crippen LogP contribution in [0.4, 0.5) is 16.2 Å². The van der Waals surface area contributed by atoms with Gasteiger partial charge in [-0.15, -0.1) is 0 Å². The first kappa shape index (κ1) is 14.6. The number of amides is 2. The summed E-state index contributed by atoms with van der Waals surface area (Å²) in [5, 5.41) is 2.90. The molecular weight excluding hydrogens is 316 g/mol. The van der Waals surface area contributed by atoms with Crippen molar-refractivity contribution in [3.8, 4) is 0 Å². The molecule has 0 aromatic heterocycles. The standard InChI is InChI=1S/C16H17BrN2O/c1-3-19(15-6-4-5-12(2)11-15)16(20)18-14-9-7-13(17)8-10-14/h4-11H,3H2,1-2H3,(H,18,20). The number of nitrogens with one attached hydrogen (secondary N) is 1. The molecule has 2 rings (SSSR count). The van der Waals surface area contributed by atoms with Crippen LogP contribution in [0, 0.1) is 6.92 Å². The average Bonchev–Trinajstić information content (AvgIpc) is 2.42. The van der Waals surface area contributed by atoms with Crippen molar-refractivity contribution in [2.75, 3.05) is 16.8 Å². The molecule has 0 atom stereocenters. The van der Waals surface area contributed by atoms with Gasteiger partial charge in [-0.1, -0.05) is 28.1 Å². The summed E-state index contributed by atoms with van der Waals surface area (Å²) in [6.07, 6.45) is 0. The van der Waals surface area contributed by atoms with Crippen molar-refractivity contribution in [3.05, 3.63) is 58.6 Å². The third-order valence-electron chi connectivity index (χ3n) is 2.97. The Hall–Kier alpha value is -1.81. The number of benzene rings is 2. The summed E-state index contributed by atoms with van der Waals surface area (Å²) in [4.78, 5) is 14.1. The summed E-state index contributed by atoms with van der Waals surface area (Å²) in [7, 11) is 0. The van der Waals surface area contributed by atoms with Crippen molar-refractivity contribution in [1.82, 2.24) is 0 Å². The summed E-state index contributed by atoms with van der Waals surface area (Å²) < 4.78 is 0.988. The number of aryl methyl sites for hydroxylation is 1. The number of hydrogen-bond donors (Lipinski definition) is 1. The van der Waals surface area contributed by atoms with E-state index in [1.54, 1.807) is 4.90 Å². The summed E-state index contributed by atoms with van der Waals surface area (Å²) in [6.45, 7) is 4.60. The number of halogens is 1. The number of nitrogens with zero attached hydrogens (tertiary/aromatic N) is 1. The van der Waals surface area contributed by atoms with Gasteiger partial charge in [-0.3, -0.25) is 4.90 Å². The van der Waals surface area contributed by atoms with Gasteiger partial charge in [0.2, 0.25) is 0 Å². The Morgan fingerprint density at radius 3 is 2.50 bits per heavy atom. The molecule has 104 valence electrons. The largest absolute Gasteiger partial charge is 0.326 e. The lowest BCUT2D eigenvalue weighted by atomic mass is 10.2. The maximum absolute atomic E-state index is 12.3. The molecule has 0 radical (unpaired) electrons. The normalized spacial score (nSPS) is 10.2. The Bertz CT molecular complexity index is 596. The lowest BCUT2D eigenvalue weighted by molar-refractivity contribution is 0.257. The number of hydrogen-bond acceptors (Lipinski definition) is 1. The van der Waals surface area contributed by atoms with E-state index in [1.807, 2.05) is 62.4 Å². The van der Waals surface area contributed by atoms with Crippen LogP contribution in [-0.4, -0.2) is 12.6 Å². The molecule has 2 aromatic rings. The van der Waals surface area contributed by atoms with Gasteiger partial charge in [0.05, 0.1) is 0 Å². The van der Waals surface area contributed by atoms with E-state index in [2.05, 4.69) is 21.2 Å². The van der Waals surface area contributed by atoms with Crippen LogP contribution in [0.3, 0.4) is 0 Å². The highest BCUT2D eigenvalue weighted by Gasteiger charge is 2.13. The topological polar surface area (TPSA) is 32.3 Å². The fourth-order valence-electron chi connectivity index (χ4n) is 1.96. The van der Waals surface area contributed by atoms with Gasteiger partial charge in [-0.05, 0) is 55.8 Å². The van der Waals surface area contributed by atoms with E-state index < -0.39 is 0 Å². The van der Waals surface area contributed by atoms with E-state index in [1.165, 1.54) is 0 Å². The van der Waals surface area contributed by atoms with Crippen molar-refractivity contribution >= 4 is 33.3 Å². The Kier molecular flexibility index (Phi) is 4.79. The summed E-state index contributed by atoms with van der Waals surface area (Å²) in [5.41, 5.74) is 2.82. The Labute approximate surface area is 127 Å². The van der Waals surface area contributed by atoms with E-state index >= 15 is 0 Å². The number of rotatable bonds is 3. The van der Waals surface area contributed by atoms with Crippen molar-refractivity contribution in [1.29, 1.82) is 0 Å². The minimum absolute atomic E-state index is 0.125. The van der Waals surface area contributed by atoms with E-state index in [0.29, 0.717) is 6.54 Å². The molecule has 0 aliphatic heterocycles. The predicted octanol–water partition coefficient (Wildman–Crippen LogP) is 4.82. The quantitative estimate of drug-likeness (QED) is 0.858. The van der Waals surface area contributed by atoms with Gasteiger partial charge in [-0.25, -0.2) is 4.79 Å². The zero-order chi connectivity index (χ0) is 14.5. The summed E-state index contributed by atoms with van der Waals surface area (Å²) >= 11 is 3.38. The Balaban J connectivity index is 2.15. The fourth-order valence-corrected chi connectivity index (χ4v) is 2.23. The molecule has 0 spiro atoms. The third-order valence-corrected chi connectivity index (χ3v) is 3.50. The molecule has 0 aliphatic carbocycles. The van der Waals surface area contributed by atoms with Crippen LogP contribution >= 0.6 is 15.9 Å². The van der Waals surface area contributed by atoms with Gasteiger partial charge in [-0.2, -0.15) is 0 Å². The van der Waals surface area contributed by atoms with Crippen LogP contribution in [-0.2, 0) is 0 Å². The maximum atomic E-state index is 12.3. The summed E-state index contributed by atoms with van der Waals surface area (Å²) in [6, 6.07) is 15.3. The van der Waals surface area contributed by atoms with Gasteiger partial charge in [0.15, 0.2) is 0 Å². The zero-order valence-corrected chi connectivity index (χ0v) is 13.1. The maximum Gasteiger partial charge on any atom is 0.326 e. The van der Waals surface area contributed by atoms with E-state index in [-0.39, 0.29) is 6.03 Å². The molecule has 3 nitrogen and oxygen atoms in total. The molecule has 4 heteroatoms. The van der Waals surface area contributed by atoms with Crippen LogP contribution in [0.5, 0.6) is 0 Å². The first-order valence-electron chi connectivity index (χ1n) is 6.51. The fraction of sp³-hybridized carbons (Fsp3) is 0.188. The lowest BCUT2D eigenvalue weighted by Gasteiger charge is -2.22. The molecule has 20 heavy (non-hydrogen) atoms. The highest BCUT2D eigenvalue weighted by atomic mass is 79.9. The van der Waals surface area contributed by atoms with E-state index in [9.17, 15) is 4.79 Å². The van der Waals surface area contributed by atoms with Crippen LogP contribution < -0.4 is 10.2 Å². The smallest absolute Gasteiger partial charge is 0.308 e. The second kappa shape index (κ2) is 6.57. The second-order valence-corrected chi connectivity index (χ2v) is 5.44. The minimum Gasteiger partial charge on any atom is -0.308 e. The highest BCUT2D eigenvalue weighted by Crippen LogP contribution is 2.18. The van der Waals surface area contributed by atoms with E-state index in [4.69, 9.17) is 0 Å². The minimum atomic E-state index is -0.125. The van der Waals surface area contributed by atoms with Crippen molar-refractivity contribution in [2.45, 2.75) is 13.8 Å². The predicted molar refractivity (Wildman–Crippen MR) is 87.4 cm³/mol. The van der Waals surface area contributed by atoms with Gasteiger partial charge >= 0.3 is 6.03 Å². The van der Waals surface area contributed by atoms with Crippen molar-refractivity contribution < 1.29 is 4.79 Å². The van der Waals surface area contributed by atoms with Crippen LogP contribution in [0.1, 0.15) is 12.5 Å². The molecule has 0 saturated heterocycles. The molecule has 2 amide bonds. The van der Waals surface area contributed by atoms with Gasteiger partial charge < -0.3 is 5.32 Å². The monoisotopic (exact) mass is 332 g/mol. The molecule has 0 heterocycles. The highest BCUT2D eigenvalue weighted by molar-refractivity contribution is 9.10. The summed E-state index contributed by atoms with van der Waals surface area (Å²) in [5.74, 6) is 0. The SMILES string of the molecule is CCN(C(=O)Nc1ccc(Br)cc1)c1cccc(C)c1. The lowest BCUT2D eigenvalue weighted by Crippen LogP contribution is -2.34. The third kappa shape index (κ3) is 3.61. The Morgan fingerprint density at radius 1 is 1.20 bits per heavy atom. The number of carbonyl (C=O) groups excluding carboxylic acids is 1. The molecule has 2 aromatic carbocycles. The van der Waals surface area contributed by atoms with Gasteiger partial charge in [0.25, 0.3) is 0 Å². The van der Waals surface area contributed by atoms with Gasteiger partial charge in [0, 0.05) is 22.4 Å². The zero-order valence-electron chi connectivity index (χ0n) is 11.6. The number of urea groups is 1. The molecule has 1 N–H and O–H groups in total. The first-order chi connectivity index (χ1) is 9.60. The molecule has 0 bridgehead atoms. The molecule has 0 unspecified atom stereocenters. The van der Waals surface area contributed by atoms with Crippen LogP contribution in [0.15, 0.2) is 53.0 Å². The molecule has 0 aliphatic rings. The molecular formula is C16H17BrN2O. The van der Waals surface area contributed by atoms with E-state index in [0.717, 1.165) is 21.4 Å². The average molecular weight is 333 g/mol.